The van der Waals surface area contributed by atoms with Gasteiger partial charge in [-0.2, -0.15) is 0 Å². The average molecular weight is 234 g/mol. The van der Waals surface area contributed by atoms with E-state index in [0.717, 1.165) is 11.3 Å². The van der Waals surface area contributed by atoms with Crippen molar-refractivity contribution >= 4 is 0 Å². The van der Waals surface area contributed by atoms with Crippen LogP contribution in [0.1, 0.15) is 30.1 Å². The first-order chi connectivity index (χ1) is 8.19. The van der Waals surface area contributed by atoms with Crippen LogP contribution in [0.15, 0.2) is 34.9 Å². The Kier molecular flexibility index (Phi) is 3.54. The fourth-order valence-electron chi connectivity index (χ4n) is 1.57. The van der Waals surface area contributed by atoms with Crippen molar-refractivity contribution in [1.29, 1.82) is 0 Å². The first-order valence-electron chi connectivity index (χ1n) is 5.55. The predicted octanol–water partition coefficient (Wildman–Crippen LogP) is 2.68. The second-order valence-corrected chi connectivity index (χ2v) is 3.98. The first kappa shape index (κ1) is 11.8. The molecule has 0 saturated heterocycles. The molecule has 0 bridgehead atoms. The molecule has 90 valence electrons. The molecule has 0 spiro atoms. The molecule has 3 nitrogen and oxygen atoms in total. The molecule has 17 heavy (non-hydrogen) atoms. The second kappa shape index (κ2) is 5.10. The van der Waals surface area contributed by atoms with E-state index in [9.17, 15) is 4.39 Å². The Morgan fingerprint density at radius 3 is 3.00 bits per heavy atom. The maximum atomic E-state index is 13.0. The fraction of sp³-hybridized carbons (Fsp3) is 0.308. The van der Waals surface area contributed by atoms with Gasteiger partial charge in [0.1, 0.15) is 12.1 Å². The molecule has 0 amide bonds. The topological polar surface area (TPSA) is 38.1 Å². The molecule has 1 aromatic heterocycles. The molecule has 0 radical (unpaired) electrons. The standard InChI is InChI=1S/C13H15FN2O/c1-9(15-2)12-8-17-13(16-12)7-10-4-3-5-11(14)6-10/h3-6,8-9,15H,7H2,1-2H3. The SMILES string of the molecule is CNC(C)c1coc(Cc2cccc(F)c2)n1. The summed E-state index contributed by atoms with van der Waals surface area (Å²) in [5.74, 6) is 0.366. The van der Waals surface area contributed by atoms with E-state index in [2.05, 4.69) is 10.3 Å². The second-order valence-electron chi connectivity index (χ2n) is 3.98. The Balaban J connectivity index is 2.11. The molecule has 2 aromatic rings. The summed E-state index contributed by atoms with van der Waals surface area (Å²) in [7, 11) is 1.87. The zero-order valence-corrected chi connectivity index (χ0v) is 9.90. The highest BCUT2D eigenvalue weighted by Gasteiger charge is 2.10. The third-order valence-corrected chi connectivity index (χ3v) is 2.69. The van der Waals surface area contributed by atoms with Gasteiger partial charge in [-0.1, -0.05) is 12.1 Å². The van der Waals surface area contributed by atoms with Gasteiger partial charge < -0.3 is 9.73 Å². The van der Waals surface area contributed by atoms with Crippen LogP contribution in [0.3, 0.4) is 0 Å². The zero-order valence-electron chi connectivity index (χ0n) is 9.90. The van der Waals surface area contributed by atoms with Crippen molar-refractivity contribution in [1.82, 2.24) is 10.3 Å². The molecule has 0 aliphatic rings. The maximum absolute atomic E-state index is 13.0. The quantitative estimate of drug-likeness (QED) is 0.883. The Hall–Kier alpha value is -1.68. The largest absolute Gasteiger partial charge is 0.448 e. The summed E-state index contributed by atoms with van der Waals surface area (Å²) in [5.41, 5.74) is 1.72. The lowest BCUT2D eigenvalue weighted by molar-refractivity contribution is 0.504. The monoisotopic (exact) mass is 234 g/mol. The number of nitrogens with one attached hydrogen (secondary N) is 1. The number of halogens is 1. The average Bonchev–Trinajstić information content (AvgIpc) is 2.76. The van der Waals surface area contributed by atoms with E-state index in [1.807, 2.05) is 20.0 Å². The molecule has 4 heteroatoms. The molecule has 0 aliphatic heterocycles. The Bertz CT molecular complexity index is 496. The molecule has 0 saturated carbocycles. The van der Waals surface area contributed by atoms with Crippen LogP contribution >= 0.6 is 0 Å². The molecule has 0 fully saturated rings. The molecule has 0 aliphatic carbocycles. The van der Waals surface area contributed by atoms with E-state index in [1.165, 1.54) is 12.1 Å². The minimum absolute atomic E-state index is 0.153. The highest BCUT2D eigenvalue weighted by molar-refractivity contribution is 5.20. The Labute approximate surface area is 99.7 Å². The number of aromatic nitrogens is 1. The molecule has 1 aromatic carbocycles. The summed E-state index contributed by atoms with van der Waals surface area (Å²) in [6.07, 6.45) is 2.14. The van der Waals surface area contributed by atoms with Crippen molar-refractivity contribution in [3.63, 3.8) is 0 Å². The van der Waals surface area contributed by atoms with E-state index < -0.39 is 0 Å². The minimum Gasteiger partial charge on any atom is -0.448 e. The zero-order chi connectivity index (χ0) is 12.3. The molecule has 1 unspecified atom stereocenters. The summed E-state index contributed by atoms with van der Waals surface area (Å²) in [6, 6.07) is 6.61. The van der Waals surface area contributed by atoms with Gasteiger partial charge in [-0.05, 0) is 31.7 Å². The highest BCUT2D eigenvalue weighted by atomic mass is 19.1. The molecular weight excluding hydrogens is 219 g/mol. The van der Waals surface area contributed by atoms with Crippen molar-refractivity contribution in [3.8, 4) is 0 Å². The number of rotatable bonds is 4. The lowest BCUT2D eigenvalue weighted by atomic mass is 10.1. The van der Waals surface area contributed by atoms with Crippen molar-refractivity contribution in [2.75, 3.05) is 7.05 Å². The number of oxazole rings is 1. The number of hydrogen-bond acceptors (Lipinski definition) is 3. The van der Waals surface area contributed by atoms with Crippen LogP contribution in [0.25, 0.3) is 0 Å². The van der Waals surface area contributed by atoms with E-state index in [0.29, 0.717) is 12.3 Å². The fourth-order valence-corrected chi connectivity index (χ4v) is 1.57. The third-order valence-electron chi connectivity index (χ3n) is 2.69. The van der Waals surface area contributed by atoms with Gasteiger partial charge in [-0.25, -0.2) is 9.37 Å². The van der Waals surface area contributed by atoms with E-state index in [1.54, 1.807) is 12.3 Å². The van der Waals surface area contributed by atoms with Gasteiger partial charge >= 0.3 is 0 Å². The van der Waals surface area contributed by atoms with Crippen LogP contribution in [0.4, 0.5) is 4.39 Å². The van der Waals surface area contributed by atoms with Gasteiger partial charge in [0, 0.05) is 12.5 Å². The Morgan fingerprint density at radius 2 is 2.29 bits per heavy atom. The normalized spacial score (nSPS) is 12.6. The molecule has 2 rings (SSSR count). The molecule has 1 atom stereocenters. The van der Waals surface area contributed by atoms with Crippen molar-refractivity contribution < 1.29 is 8.81 Å². The van der Waals surface area contributed by atoms with E-state index >= 15 is 0 Å². The predicted molar refractivity (Wildman–Crippen MR) is 63.2 cm³/mol. The third kappa shape index (κ3) is 2.91. The summed E-state index contributed by atoms with van der Waals surface area (Å²) >= 11 is 0. The van der Waals surface area contributed by atoms with Gasteiger partial charge in [0.2, 0.25) is 0 Å². The van der Waals surface area contributed by atoms with Crippen LogP contribution in [0.2, 0.25) is 0 Å². The lowest BCUT2D eigenvalue weighted by Gasteiger charge is -2.03. The summed E-state index contributed by atoms with van der Waals surface area (Å²) in [4.78, 5) is 4.35. The van der Waals surface area contributed by atoms with Crippen LogP contribution < -0.4 is 5.32 Å². The summed E-state index contributed by atoms with van der Waals surface area (Å²) in [5, 5.41) is 3.09. The van der Waals surface area contributed by atoms with Crippen LogP contribution in [0, 0.1) is 5.82 Å². The van der Waals surface area contributed by atoms with Crippen LogP contribution in [0.5, 0.6) is 0 Å². The molecular formula is C13H15FN2O. The smallest absolute Gasteiger partial charge is 0.198 e. The van der Waals surface area contributed by atoms with Crippen LogP contribution in [-0.2, 0) is 6.42 Å². The molecule has 1 heterocycles. The van der Waals surface area contributed by atoms with E-state index in [4.69, 9.17) is 4.42 Å². The van der Waals surface area contributed by atoms with Gasteiger partial charge in [-0.3, -0.25) is 0 Å². The van der Waals surface area contributed by atoms with Gasteiger partial charge in [-0.15, -0.1) is 0 Å². The minimum atomic E-state index is -0.238. The number of benzene rings is 1. The Morgan fingerprint density at radius 1 is 1.47 bits per heavy atom. The number of nitrogens with zero attached hydrogens (tertiary/aromatic N) is 1. The van der Waals surface area contributed by atoms with Crippen molar-refractivity contribution in [3.05, 3.63) is 53.5 Å². The van der Waals surface area contributed by atoms with Gasteiger partial charge in [0.25, 0.3) is 0 Å². The highest BCUT2D eigenvalue weighted by Crippen LogP contribution is 2.14. The number of hydrogen-bond donors (Lipinski definition) is 1. The van der Waals surface area contributed by atoms with Gasteiger partial charge in [0.05, 0.1) is 5.69 Å². The first-order valence-corrected chi connectivity index (χ1v) is 5.55. The summed E-state index contributed by atoms with van der Waals surface area (Å²) < 4.78 is 18.4. The maximum Gasteiger partial charge on any atom is 0.198 e. The van der Waals surface area contributed by atoms with Crippen molar-refractivity contribution in [2.45, 2.75) is 19.4 Å². The van der Waals surface area contributed by atoms with Crippen molar-refractivity contribution in [2.24, 2.45) is 0 Å². The van der Waals surface area contributed by atoms with E-state index in [-0.39, 0.29) is 11.9 Å². The van der Waals surface area contributed by atoms with Gasteiger partial charge in [0.15, 0.2) is 5.89 Å². The lowest BCUT2D eigenvalue weighted by Crippen LogP contribution is -2.12. The molecule has 1 N–H and O–H groups in total. The summed E-state index contributed by atoms with van der Waals surface area (Å²) in [6.45, 7) is 2.00. The van der Waals surface area contributed by atoms with Crippen LogP contribution in [-0.4, -0.2) is 12.0 Å².